The Hall–Kier alpha value is -5.19. The highest BCUT2D eigenvalue weighted by Crippen LogP contribution is 2.42. The van der Waals surface area contributed by atoms with Gasteiger partial charge in [0, 0.05) is 10.9 Å². The molecule has 1 atom stereocenters. The fourth-order valence-corrected chi connectivity index (χ4v) is 4.98. The molecule has 0 aliphatic heterocycles. The first kappa shape index (κ1) is 29.3. The molecule has 0 fully saturated rings. The normalized spacial score (nSPS) is 12.1. The predicted molar refractivity (Wildman–Crippen MR) is 163 cm³/mol. The molecule has 5 rings (SSSR count). The van der Waals surface area contributed by atoms with Gasteiger partial charge in [0.2, 0.25) is 17.6 Å². The second kappa shape index (κ2) is 12.0. The van der Waals surface area contributed by atoms with Crippen LogP contribution in [0.25, 0.3) is 21.9 Å². The third-order valence-corrected chi connectivity index (χ3v) is 6.84. The quantitative estimate of drug-likeness (QED) is 0.266. The van der Waals surface area contributed by atoms with Crippen molar-refractivity contribution in [1.29, 1.82) is 0 Å². The topological polar surface area (TPSA) is 121 Å². The van der Waals surface area contributed by atoms with Crippen LogP contribution in [0.5, 0.6) is 17.2 Å². The summed E-state index contributed by atoms with van der Waals surface area (Å²) < 4.78 is 18.3. The van der Waals surface area contributed by atoms with E-state index >= 15 is 0 Å². The third-order valence-electron chi connectivity index (χ3n) is 6.84. The maximum atomic E-state index is 14.5. The molecular formula is C32H34N6O5. The number of benzene rings is 3. The molecule has 0 spiro atoms. The molecule has 0 unspecified atom stereocenters. The molecule has 0 saturated carbocycles. The Balaban J connectivity index is 1.72. The van der Waals surface area contributed by atoms with Gasteiger partial charge in [-0.2, -0.15) is 0 Å². The van der Waals surface area contributed by atoms with Crippen LogP contribution in [0, 0.1) is 0 Å². The minimum atomic E-state index is -1.15. The number of para-hydroxylation sites is 2. The summed E-state index contributed by atoms with van der Waals surface area (Å²) in [6.45, 7) is 5.45. The molecule has 11 heteroatoms. The van der Waals surface area contributed by atoms with Crippen molar-refractivity contribution in [3.05, 3.63) is 78.5 Å². The van der Waals surface area contributed by atoms with Crippen LogP contribution in [0.3, 0.4) is 0 Å². The van der Waals surface area contributed by atoms with Crippen LogP contribution in [0.1, 0.15) is 32.4 Å². The number of nitrogens with one attached hydrogen (secondary N) is 1. The minimum absolute atomic E-state index is 0.183. The van der Waals surface area contributed by atoms with E-state index < -0.39 is 23.4 Å². The molecule has 2 aromatic heterocycles. The molecule has 0 saturated heterocycles. The highest BCUT2D eigenvalue weighted by Gasteiger charge is 2.36. The molecule has 5 aromatic rings. The minimum Gasteiger partial charge on any atom is -0.493 e. The number of carbonyl (C=O) groups excluding carboxylic acids is 2. The van der Waals surface area contributed by atoms with Crippen molar-refractivity contribution in [3.63, 3.8) is 0 Å². The van der Waals surface area contributed by atoms with Gasteiger partial charge >= 0.3 is 0 Å². The van der Waals surface area contributed by atoms with Crippen molar-refractivity contribution in [2.75, 3.05) is 26.2 Å². The summed E-state index contributed by atoms with van der Waals surface area (Å²) in [6.07, 6.45) is 1.59. The van der Waals surface area contributed by atoms with Gasteiger partial charge in [0.15, 0.2) is 11.5 Å². The van der Waals surface area contributed by atoms with Gasteiger partial charge < -0.3 is 19.5 Å². The van der Waals surface area contributed by atoms with Gasteiger partial charge in [0.05, 0.1) is 44.2 Å². The van der Waals surface area contributed by atoms with Crippen molar-refractivity contribution in [2.24, 2.45) is 0 Å². The lowest BCUT2D eigenvalue weighted by Gasteiger charge is -2.34. The Morgan fingerprint density at radius 1 is 0.907 bits per heavy atom. The van der Waals surface area contributed by atoms with E-state index in [0.717, 1.165) is 10.9 Å². The number of anilines is 1. The van der Waals surface area contributed by atoms with Crippen LogP contribution in [-0.4, -0.2) is 58.7 Å². The van der Waals surface area contributed by atoms with Crippen molar-refractivity contribution < 1.29 is 23.8 Å². The largest absolute Gasteiger partial charge is 0.493 e. The molecule has 2 heterocycles. The number of amides is 2. The zero-order valence-corrected chi connectivity index (χ0v) is 25.0. The second-order valence-electron chi connectivity index (χ2n) is 11.0. The van der Waals surface area contributed by atoms with E-state index in [4.69, 9.17) is 14.2 Å². The molecule has 0 aliphatic rings. The van der Waals surface area contributed by atoms with E-state index in [1.165, 1.54) is 30.9 Å². The van der Waals surface area contributed by atoms with E-state index in [2.05, 4.69) is 20.6 Å². The summed E-state index contributed by atoms with van der Waals surface area (Å²) in [6, 6.07) is 19.0. The number of aromatic nitrogens is 4. The number of pyridine rings is 1. The number of ether oxygens (including phenoxy) is 3. The van der Waals surface area contributed by atoms with Crippen molar-refractivity contribution >= 4 is 39.4 Å². The smallest absolute Gasteiger partial charge is 0.249 e. The van der Waals surface area contributed by atoms with Crippen LogP contribution >= 0.6 is 0 Å². The lowest BCUT2D eigenvalue weighted by atomic mass is 9.99. The standard InChI is InChI=1S/C32H34N6O5/c1-32(2,3)34-31(40)29(21-16-26(41-4)30(43-6)27(17-21)42-5)38(22-15-20-11-7-8-12-23(20)33-18-22)28(39)19-37-25-14-10-9-13-24(25)35-36-37/h7-18,29H,19H2,1-6H3,(H,34,40)/t29-/m1/s1. The number of rotatable bonds is 9. The molecule has 11 nitrogen and oxygen atoms in total. The van der Waals surface area contributed by atoms with Gasteiger partial charge in [0.25, 0.3) is 0 Å². The summed E-state index contributed by atoms with van der Waals surface area (Å²) in [5.74, 6) is 0.235. The second-order valence-corrected chi connectivity index (χ2v) is 11.0. The Morgan fingerprint density at radius 3 is 2.21 bits per heavy atom. The SMILES string of the molecule is COc1cc([C@H](C(=O)NC(C)(C)C)N(C(=O)Cn2nnc3ccccc32)c2cnc3ccccc3c2)cc(OC)c1OC. The number of fused-ring (bicyclic) bond motifs is 2. The first-order valence-corrected chi connectivity index (χ1v) is 13.7. The Bertz CT molecular complexity index is 1770. The van der Waals surface area contributed by atoms with Crippen LogP contribution in [0.4, 0.5) is 5.69 Å². The molecular weight excluding hydrogens is 548 g/mol. The molecule has 3 aromatic carbocycles. The zero-order chi connectivity index (χ0) is 30.7. The third kappa shape index (κ3) is 6.06. The Kier molecular flexibility index (Phi) is 8.16. The molecule has 0 radical (unpaired) electrons. The predicted octanol–water partition coefficient (Wildman–Crippen LogP) is 4.69. The highest BCUT2D eigenvalue weighted by molar-refractivity contribution is 6.03. The highest BCUT2D eigenvalue weighted by atomic mass is 16.5. The van der Waals surface area contributed by atoms with Gasteiger partial charge in [-0.1, -0.05) is 35.5 Å². The summed E-state index contributed by atoms with van der Waals surface area (Å²) in [5, 5.41) is 12.3. The fourth-order valence-electron chi connectivity index (χ4n) is 4.98. The number of methoxy groups -OCH3 is 3. The molecule has 0 aliphatic carbocycles. The number of nitrogens with zero attached hydrogens (tertiary/aromatic N) is 5. The molecule has 222 valence electrons. The fraction of sp³-hybridized carbons (Fsp3) is 0.281. The summed E-state index contributed by atoms with van der Waals surface area (Å²) >= 11 is 0. The first-order chi connectivity index (χ1) is 20.6. The van der Waals surface area contributed by atoms with Crippen molar-refractivity contribution in [3.8, 4) is 17.2 Å². The number of hydrogen-bond acceptors (Lipinski definition) is 8. The van der Waals surface area contributed by atoms with Gasteiger partial charge in [-0.3, -0.25) is 19.5 Å². The average Bonchev–Trinajstić information content (AvgIpc) is 3.40. The van der Waals surface area contributed by atoms with E-state index in [0.29, 0.717) is 39.5 Å². The Labute approximate surface area is 249 Å². The zero-order valence-electron chi connectivity index (χ0n) is 25.0. The molecule has 2 amide bonds. The molecule has 43 heavy (non-hydrogen) atoms. The molecule has 1 N–H and O–H groups in total. The van der Waals surface area contributed by atoms with Gasteiger partial charge in [0.1, 0.15) is 18.1 Å². The van der Waals surface area contributed by atoms with Crippen LogP contribution < -0.4 is 24.4 Å². The number of hydrogen-bond donors (Lipinski definition) is 1. The summed E-state index contributed by atoms with van der Waals surface area (Å²) in [4.78, 5) is 34.7. The summed E-state index contributed by atoms with van der Waals surface area (Å²) in [5.41, 5.74) is 2.37. The van der Waals surface area contributed by atoms with E-state index in [1.807, 2.05) is 75.4 Å². The average molecular weight is 583 g/mol. The molecule has 0 bridgehead atoms. The van der Waals surface area contributed by atoms with Gasteiger partial charge in [-0.25, -0.2) is 4.68 Å². The maximum Gasteiger partial charge on any atom is 0.249 e. The van der Waals surface area contributed by atoms with Gasteiger partial charge in [-0.05, 0) is 62.7 Å². The van der Waals surface area contributed by atoms with E-state index in [9.17, 15) is 9.59 Å². The van der Waals surface area contributed by atoms with Crippen LogP contribution in [0.15, 0.2) is 72.9 Å². The van der Waals surface area contributed by atoms with Crippen molar-refractivity contribution in [1.82, 2.24) is 25.3 Å². The maximum absolute atomic E-state index is 14.5. The Morgan fingerprint density at radius 2 is 1.56 bits per heavy atom. The van der Waals surface area contributed by atoms with Crippen LogP contribution in [0.2, 0.25) is 0 Å². The monoisotopic (exact) mass is 582 g/mol. The first-order valence-electron chi connectivity index (χ1n) is 13.7. The van der Waals surface area contributed by atoms with Gasteiger partial charge in [-0.15, -0.1) is 5.10 Å². The van der Waals surface area contributed by atoms with Crippen molar-refractivity contribution in [2.45, 2.75) is 38.9 Å². The van der Waals surface area contributed by atoms with E-state index in [-0.39, 0.29) is 6.54 Å². The lowest BCUT2D eigenvalue weighted by molar-refractivity contribution is -0.128. The van der Waals surface area contributed by atoms with E-state index in [1.54, 1.807) is 18.3 Å². The summed E-state index contributed by atoms with van der Waals surface area (Å²) in [7, 11) is 4.50. The van der Waals surface area contributed by atoms with Crippen LogP contribution in [-0.2, 0) is 16.1 Å². The lowest BCUT2D eigenvalue weighted by Crippen LogP contribution is -2.50. The number of carbonyl (C=O) groups is 2.